The number of anilines is 2. The molecule has 0 saturated carbocycles. The van der Waals surface area contributed by atoms with E-state index in [0.717, 1.165) is 0 Å². The van der Waals surface area contributed by atoms with Gasteiger partial charge in [0, 0.05) is 12.0 Å². The average molecular weight is 333 g/mol. The lowest BCUT2D eigenvalue weighted by molar-refractivity contribution is 0.603. The van der Waals surface area contributed by atoms with Gasteiger partial charge in [0.15, 0.2) is 4.34 Å². The summed E-state index contributed by atoms with van der Waals surface area (Å²) in [6.45, 7) is 0. The Kier molecular flexibility index (Phi) is 4.95. The lowest BCUT2D eigenvalue weighted by Gasteiger charge is -2.01. The molecule has 0 atom stereocenters. The van der Waals surface area contributed by atoms with E-state index in [2.05, 4.69) is 15.5 Å². The summed E-state index contributed by atoms with van der Waals surface area (Å²) in [6.07, 6.45) is 1.19. The highest BCUT2D eigenvalue weighted by Crippen LogP contribution is 2.28. The highest BCUT2D eigenvalue weighted by Gasteiger charge is 2.09. The third kappa shape index (κ3) is 4.73. The molecule has 0 unspecified atom stereocenters. The predicted molar refractivity (Wildman–Crippen MR) is 80.0 cm³/mol. The molecule has 1 N–H and O–H groups in total. The number of halogens is 1. The molecular formula is C11H12FN3O2S3. The fourth-order valence-corrected chi connectivity index (χ4v) is 4.31. The maximum absolute atomic E-state index is 13.4. The Morgan fingerprint density at radius 2 is 2.10 bits per heavy atom. The first-order valence-electron chi connectivity index (χ1n) is 5.59. The van der Waals surface area contributed by atoms with E-state index in [1.165, 1.54) is 35.4 Å². The number of para-hydroxylation sites is 1. The Labute approximate surface area is 124 Å². The van der Waals surface area contributed by atoms with E-state index in [1.54, 1.807) is 18.2 Å². The molecule has 0 radical (unpaired) electrons. The van der Waals surface area contributed by atoms with Crippen molar-refractivity contribution in [2.45, 2.75) is 4.34 Å². The van der Waals surface area contributed by atoms with Crippen molar-refractivity contribution < 1.29 is 12.8 Å². The molecule has 0 aliphatic rings. The molecule has 0 aliphatic carbocycles. The van der Waals surface area contributed by atoms with E-state index >= 15 is 0 Å². The minimum Gasteiger partial charge on any atom is -0.328 e. The van der Waals surface area contributed by atoms with Gasteiger partial charge in [-0.05, 0) is 12.1 Å². The predicted octanol–water partition coefficient (Wildman–Crippen LogP) is 2.56. The minimum atomic E-state index is -2.97. The van der Waals surface area contributed by atoms with Gasteiger partial charge < -0.3 is 5.32 Å². The zero-order valence-corrected chi connectivity index (χ0v) is 13.0. The molecule has 0 spiro atoms. The van der Waals surface area contributed by atoms with Gasteiger partial charge in [-0.1, -0.05) is 35.2 Å². The molecule has 0 bridgehead atoms. The standard InChI is InChI=1S/C11H12FN3O2S3/c1-20(16,17)7-6-18-11-15-14-10(19-11)13-9-5-3-2-4-8(9)12/h2-5H,6-7H2,1H3,(H,13,14). The second-order valence-corrected chi connectivity index (χ2v) is 8.54. The summed E-state index contributed by atoms with van der Waals surface area (Å²) in [7, 11) is -2.97. The van der Waals surface area contributed by atoms with Crippen LogP contribution in [0.5, 0.6) is 0 Å². The minimum absolute atomic E-state index is 0.0906. The Balaban J connectivity index is 1.94. The molecular weight excluding hydrogens is 321 g/mol. The van der Waals surface area contributed by atoms with Gasteiger partial charge in [0.1, 0.15) is 15.7 Å². The smallest absolute Gasteiger partial charge is 0.210 e. The Morgan fingerprint density at radius 1 is 1.35 bits per heavy atom. The van der Waals surface area contributed by atoms with Gasteiger partial charge >= 0.3 is 0 Å². The van der Waals surface area contributed by atoms with Crippen molar-refractivity contribution >= 4 is 43.8 Å². The summed E-state index contributed by atoms with van der Waals surface area (Å²) in [5.74, 6) is 0.148. The summed E-state index contributed by atoms with van der Waals surface area (Å²) in [4.78, 5) is 0. The van der Waals surface area contributed by atoms with E-state index < -0.39 is 9.84 Å². The number of sulfone groups is 1. The molecule has 0 aliphatic heterocycles. The number of hydrogen-bond acceptors (Lipinski definition) is 7. The molecule has 1 heterocycles. The van der Waals surface area contributed by atoms with Crippen LogP contribution in [0.3, 0.4) is 0 Å². The molecule has 0 amide bonds. The van der Waals surface area contributed by atoms with Crippen LogP contribution in [0.1, 0.15) is 0 Å². The van der Waals surface area contributed by atoms with Gasteiger partial charge in [-0.15, -0.1) is 10.2 Å². The molecule has 0 saturated heterocycles. The van der Waals surface area contributed by atoms with Crippen LogP contribution in [0.4, 0.5) is 15.2 Å². The van der Waals surface area contributed by atoms with Crippen LogP contribution in [0.15, 0.2) is 28.6 Å². The molecule has 108 valence electrons. The number of nitrogens with one attached hydrogen (secondary N) is 1. The quantitative estimate of drug-likeness (QED) is 0.819. The molecule has 1 aromatic carbocycles. The lowest BCUT2D eigenvalue weighted by atomic mass is 10.3. The fourth-order valence-electron chi connectivity index (χ4n) is 1.28. The SMILES string of the molecule is CS(=O)(=O)CCSc1nnc(Nc2ccccc2F)s1. The molecule has 2 aromatic rings. The van der Waals surface area contributed by atoms with E-state index in [0.29, 0.717) is 20.9 Å². The van der Waals surface area contributed by atoms with Crippen molar-refractivity contribution in [2.75, 3.05) is 23.1 Å². The van der Waals surface area contributed by atoms with E-state index in [1.807, 2.05) is 0 Å². The Bertz CT molecular complexity index is 688. The second-order valence-electron chi connectivity index (χ2n) is 3.96. The van der Waals surface area contributed by atoms with Crippen molar-refractivity contribution in [3.8, 4) is 0 Å². The van der Waals surface area contributed by atoms with Crippen LogP contribution in [0.25, 0.3) is 0 Å². The van der Waals surface area contributed by atoms with Crippen LogP contribution >= 0.6 is 23.1 Å². The molecule has 9 heteroatoms. The van der Waals surface area contributed by atoms with Crippen molar-refractivity contribution in [1.82, 2.24) is 10.2 Å². The van der Waals surface area contributed by atoms with Gasteiger partial charge in [0.25, 0.3) is 0 Å². The zero-order valence-electron chi connectivity index (χ0n) is 10.5. The Morgan fingerprint density at radius 3 is 2.80 bits per heavy atom. The molecule has 20 heavy (non-hydrogen) atoms. The number of rotatable bonds is 6. The summed E-state index contributed by atoms with van der Waals surface area (Å²) in [6, 6.07) is 6.28. The average Bonchev–Trinajstić information content (AvgIpc) is 2.78. The highest BCUT2D eigenvalue weighted by atomic mass is 32.2. The molecule has 0 fully saturated rings. The number of nitrogens with zero attached hydrogens (tertiary/aromatic N) is 2. The van der Waals surface area contributed by atoms with Gasteiger partial charge in [-0.2, -0.15) is 0 Å². The first-order valence-corrected chi connectivity index (χ1v) is 9.46. The monoisotopic (exact) mass is 333 g/mol. The van der Waals surface area contributed by atoms with Crippen LogP contribution in [-0.2, 0) is 9.84 Å². The number of aromatic nitrogens is 2. The zero-order chi connectivity index (χ0) is 14.6. The normalized spacial score (nSPS) is 11.5. The lowest BCUT2D eigenvalue weighted by Crippen LogP contribution is -2.04. The first-order chi connectivity index (χ1) is 9.44. The molecule has 2 rings (SSSR count). The van der Waals surface area contributed by atoms with Crippen molar-refractivity contribution in [2.24, 2.45) is 0 Å². The van der Waals surface area contributed by atoms with Gasteiger partial charge in [-0.25, -0.2) is 12.8 Å². The summed E-state index contributed by atoms with van der Waals surface area (Å²) in [5.41, 5.74) is 0.330. The van der Waals surface area contributed by atoms with Crippen molar-refractivity contribution in [3.63, 3.8) is 0 Å². The van der Waals surface area contributed by atoms with Gasteiger partial charge in [0.05, 0.1) is 11.4 Å². The summed E-state index contributed by atoms with van der Waals surface area (Å²) < 4.78 is 36.1. The molecule has 1 aromatic heterocycles. The van der Waals surface area contributed by atoms with Crippen LogP contribution in [-0.4, -0.2) is 36.4 Å². The van der Waals surface area contributed by atoms with Crippen molar-refractivity contribution in [1.29, 1.82) is 0 Å². The molecule has 5 nitrogen and oxygen atoms in total. The largest absolute Gasteiger partial charge is 0.328 e. The van der Waals surface area contributed by atoms with E-state index in [4.69, 9.17) is 0 Å². The first kappa shape index (κ1) is 15.2. The third-order valence-corrected chi connectivity index (χ3v) is 5.38. The Hall–Kier alpha value is -1.19. The maximum atomic E-state index is 13.4. The topological polar surface area (TPSA) is 72.0 Å². The van der Waals surface area contributed by atoms with Crippen LogP contribution in [0.2, 0.25) is 0 Å². The summed E-state index contributed by atoms with van der Waals surface area (Å²) in [5, 5.41) is 11.1. The van der Waals surface area contributed by atoms with Gasteiger partial charge in [-0.3, -0.25) is 0 Å². The summed E-state index contributed by atoms with van der Waals surface area (Å²) >= 11 is 2.57. The van der Waals surface area contributed by atoms with Crippen LogP contribution < -0.4 is 5.32 Å². The maximum Gasteiger partial charge on any atom is 0.210 e. The fraction of sp³-hybridized carbons (Fsp3) is 0.273. The number of benzene rings is 1. The number of thioether (sulfide) groups is 1. The van der Waals surface area contributed by atoms with Crippen LogP contribution in [0, 0.1) is 5.82 Å². The van der Waals surface area contributed by atoms with Crippen molar-refractivity contribution in [3.05, 3.63) is 30.1 Å². The van der Waals surface area contributed by atoms with E-state index in [9.17, 15) is 12.8 Å². The second kappa shape index (κ2) is 6.51. The highest BCUT2D eigenvalue weighted by molar-refractivity contribution is 8.02. The number of hydrogen-bond donors (Lipinski definition) is 1. The third-order valence-electron chi connectivity index (χ3n) is 2.20. The van der Waals surface area contributed by atoms with E-state index in [-0.39, 0.29) is 11.6 Å². The van der Waals surface area contributed by atoms with Gasteiger partial charge in [0.2, 0.25) is 5.13 Å².